The molecule has 2 rings (SSSR count). The molecule has 0 aliphatic heterocycles. The van der Waals surface area contributed by atoms with Crippen molar-refractivity contribution in [3.63, 3.8) is 0 Å². The number of benzene rings is 1. The van der Waals surface area contributed by atoms with E-state index in [4.69, 9.17) is 13.9 Å². The number of thioether (sulfide) groups is 1. The van der Waals surface area contributed by atoms with Crippen molar-refractivity contribution in [1.29, 1.82) is 0 Å². The summed E-state index contributed by atoms with van der Waals surface area (Å²) in [7, 11) is 1.62. The molecule has 1 aromatic carbocycles. The molecule has 0 saturated heterocycles. The maximum Gasteiger partial charge on any atom is 0.396 e. The molecule has 0 bridgehead atoms. The molecule has 7 heteroatoms. The van der Waals surface area contributed by atoms with E-state index in [9.17, 15) is 4.79 Å². The Hall–Kier alpha value is -2.02. The summed E-state index contributed by atoms with van der Waals surface area (Å²) in [6.45, 7) is 1.98. The lowest BCUT2D eigenvalue weighted by Crippen LogP contribution is -2.04. The molecule has 0 radical (unpaired) electrons. The largest absolute Gasteiger partial charge is 0.496 e. The van der Waals surface area contributed by atoms with Gasteiger partial charge >= 0.3 is 11.9 Å². The van der Waals surface area contributed by atoms with Crippen molar-refractivity contribution >= 4 is 17.7 Å². The Morgan fingerprint density at radius 3 is 2.90 bits per heavy atom. The van der Waals surface area contributed by atoms with Crippen molar-refractivity contribution in [1.82, 2.24) is 10.2 Å². The zero-order chi connectivity index (χ0) is 14.4. The van der Waals surface area contributed by atoms with Crippen molar-refractivity contribution in [3.05, 3.63) is 35.7 Å². The van der Waals surface area contributed by atoms with Gasteiger partial charge in [0.15, 0.2) is 0 Å². The third kappa shape index (κ3) is 3.51. The highest BCUT2D eigenvalue weighted by Gasteiger charge is 2.16. The predicted octanol–water partition coefficient (Wildman–Crippen LogP) is 2.55. The van der Waals surface area contributed by atoms with Crippen LogP contribution in [0.1, 0.15) is 23.2 Å². The zero-order valence-electron chi connectivity index (χ0n) is 11.2. The summed E-state index contributed by atoms with van der Waals surface area (Å²) in [5, 5.41) is 7.76. The first-order valence-corrected chi connectivity index (χ1v) is 6.98. The molecule has 0 aliphatic carbocycles. The van der Waals surface area contributed by atoms with Crippen molar-refractivity contribution in [2.24, 2.45) is 0 Å². The van der Waals surface area contributed by atoms with Gasteiger partial charge in [-0.2, -0.15) is 0 Å². The number of carbonyl (C=O) groups is 1. The molecule has 0 amide bonds. The first-order valence-electron chi connectivity index (χ1n) is 6.00. The van der Waals surface area contributed by atoms with E-state index in [1.54, 1.807) is 14.0 Å². The first kappa shape index (κ1) is 14.4. The van der Waals surface area contributed by atoms with Gasteiger partial charge in [0, 0.05) is 11.3 Å². The molecular formula is C13H14N2O4S. The highest BCUT2D eigenvalue weighted by molar-refractivity contribution is 7.98. The number of hydrogen-bond donors (Lipinski definition) is 0. The van der Waals surface area contributed by atoms with E-state index in [-0.39, 0.29) is 12.5 Å². The van der Waals surface area contributed by atoms with Gasteiger partial charge in [0.25, 0.3) is 5.22 Å². The molecule has 2 aromatic rings. The van der Waals surface area contributed by atoms with Crippen molar-refractivity contribution in [3.8, 4) is 5.75 Å². The van der Waals surface area contributed by atoms with E-state index >= 15 is 0 Å². The van der Waals surface area contributed by atoms with E-state index in [0.29, 0.717) is 11.0 Å². The molecule has 0 saturated carbocycles. The van der Waals surface area contributed by atoms with Gasteiger partial charge in [0.05, 0.1) is 13.7 Å². The number of rotatable bonds is 6. The standard InChI is InChI=1S/C13H14N2O4S/c1-3-18-12(16)11-14-15-13(19-11)20-8-9-6-4-5-7-10(9)17-2/h4-7H,3,8H2,1-2H3. The molecule has 0 atom stereocenters. The van der Waals surface area contributed by atoms with Crippen LogP contribution < -0.4 is 4.74 Å². The summed E-state index contributed by atoms with van der Waals surface area (Å²) in [5.74, 6) is 0.665. The molecule has 0 N–H and O–H groups in total. The Bertz CT molecular complexity index is 585. The minimum Gasteiger partial charge on any atom is -0.496 e. The zero-order valence-corrected chi connectivity index (χ0v) is 12.0. The molecule has 0 spiro atoms. The summed E-state index contributed by atoms with van der Waals surface area (Å²) in [6, 6.07) is 7.66. The molecule has 20 heavy (non-hydrogen) atoms. The number of esters is 1. The highest BCUT2D eigenvalue weighted by Crippen LogP contribution is 2.27. The Morgan fingerprint density at radius 1 is 1.35 bits per heavy atom. The minimum absolute atomic E-state index is 0.130. The van der Waals surface area contributed by atoms with E-state index in [2.05, 4.69) is 10.2 Å². The molecular weight excluding hydrogens is 280 g/mol. The molecule has 1 heterocycles. The van der Waals surface area contributed by atoms with Crippen molar-refractivity contribution < 1.29 is 18.7 Å². The Balaban J connectivity index is 1.99. The van der Waals surface area contributed by atoms with Crippen LogP contribution >= 0.6 is 11.8 Å². The number of aromatic nitrogens is 2. The van der Waals surface area contributed by atoms with Crippen LogP contribution in [-0.4, -0.2) is 29.9 Å². The Kier molecular flexibility index (Phi) is 5.00. The fourth-order valence-corrected chi connectivity index (χ4v) is 2.26. The fourth-order valence-electron chi connectivity index (χ4n) is 1.51. The topological polar surface area (TPSA) is 74.5 Å². The Labute approximate surface area is 120 Å². The lowest BCUT2D eigenvalue weighted by molar-refractivity contribution is 0.0475. The molecule has 106 valence electrons. The van der Waals surface area contributed by atoms with Gasteiger partial charge < -0.3 is 13.9 Å². The van der Waals surface area contributed by atoms with Crippen LogP contribution in [0.4, 0.5) is 0 Å². The van der Waals surface area contributed by atoms with Gasteiger partial charge in [0.1, 0.15) is 5.75 Å². The van der Waals surface area contributed by atoms with E-state index in [1.807, 2.05) is 24.3 Å². The van der Waals surface area contributed by atoms with E-state index < -0.39 is 5.97 Å². The average molecular weight is 294 g/mol. The quantitative estimate of drug-likeness (QED) is 0.598. The third-order valence-corrected chi connectivity index (χ3v) is 3.27. The van der Waals surface area contributed by atoms with Crippen LogP contribution in [0.25, 0.3) is 0 Å². The van der Waals surface area contributed by atoms with Crippen molar-refractivity contribution in [2.75, 3.05) is 13.7 Å². The molecule has 6 nitrogen and oxygen atoms in total. The lowest BCUT2D eigenvalue weighted by Gasteiger charge is -2.05. The van der Waals surface area contributed by atoms with Gasteiger partial charge in [0.2, 0.25) is 0 Å². The van der Waals surface area contributed by atoms with E-state index in [1.165, 1.54) is 11.8 Å². The first-order chi connectivity index (χ1) is 9.74. The fraction of sp³-hybridized carbons (Fsp3) is 0.308. The third-order valence-electron chi connectivity index (χ3n) is 2.40. The van der Waals surface area contributed by atoms with Crippen LogP contribution in [0.2, 0.25) is 0 Å². The summed E-state index contributed by atoms with van der Waals surface area (Å²) >= 11 is 1.33. The van der Waals surface area contributed by atoms with Gasteiger partial charge in [-0.05, 0) is 13.0 Å². The molecule has 1 aromatic heterocycles. The second-order valence-electron chi connectivity index (χ2n) is 3.69. The monoisotopic (exact) mass is 294 g/mol. The number of carbonyl (C=O) groups excluding carboxylic acids is 1. The predicted molar refractivity (Wildman–Crippen MR) is 72.8 cm³/mol. The van der Waals surface area contributed by atoms with Crippen LogP contribution in [0.15, 0.2) is 33.9 Å². The second kappa shape index (κ2) is 6.95. The van der Waals surface area contributed by atoms with Gasteiger partial charge in [-0.15, -0.1) is 5.10 Å². The number of ether oxygens (including phenoxy) is 2. The smallest absolute Gasteiger partial charge is 0.396 e. The number of nitrogens with zero attached hydrogens (tertiary/aromatic N) is 2. The van der Waals surface area contributed by atoms with Crippen LogP contribution in [-0.2, 0) is 10.5 Å². The molecule has 0 fully saturated rings. The maximum atomic E-state index is 11.4. The summed E-state index contributed by atoms with van der Waals surface area (Å²) in [5.41, 5.74) is 1.01. The van der Waals surface area contributed by atoms with Crippen LogP contribution in [0, 0.1) is 0 Å². The summed E-state index contributed by atoms with van der Waals surface area (Å²) in [6.07, 6.45) is 0. The SMILES string of the molecule is CCOC(=O)c1nnc(SCc2ccccc2OC)o1. The summed E-state index contributed by atoms with van der Waals surface area (Å²) < 4.78 is 15.2. The maximum absolute atomic E-state index is 11.4. The normalized spacial score (nSPS) is 10.3. The van der Waals surface area contributed by atoms with Gasteiger partial charge in [-0.1, -0.05) is 35.1 Å². The molecule has 0 unspecified atom stereocenters. The van der Waals surface area contributed by atoms with E-state index in [0.717, 1.165) is 11.3 Å². The Morgan fingerprint density at radius 2 is 2.15 bits per heavy atom. The minimum atomic E-state index is -0.607. The van der Waals surface area contributed by atoms with Gasteiger partial charge in [-0.25, -0.2) is 4.79 Å². The highest BCUT2D eigenvalue weighted by atomic mass is 32.2. The second-order valence-corrected chi connectivity index (χ2v) is 4.62. The summed E-state index contributed by atoms with van der Waals surface area (Å²) in [4.78, 5) is 11.4. The van der Waals surface area contributed by atoms with Crippen LogP contribution in [0.5, 0.6) is 5.75 Å². The van der Waals surface area contributed by atoms with Gasteiger partial charge in [-0.3, -0.25) is 0 Å². The molecule has 0 aliphatic rings. The van der Waals surface area contributed by atoms with Crippen LogP contribution in [0.3, 0.4) is 0 Å². The number of para-hydroxylation sites is 1. The van der Waals surface area contributed by atoms with Crippen molar-refractivity contribution in [2.45, 2.75) is 17.9 Å². The number of hydrogen-bond acceptors (Lipinski definition) is 7. The average Bonchev–Trinajstić information content (AvgIpc) is 2.94. The number of methoxy groups -OCH3 is 1. The lowest BCUT2D eigenvalue weighted by atomic mass is 10.2.